The molecule has 1 atom stereocenters. The van der Waals surface area contributed by atoms with Gasteiger partial charge in [-0.2, -0.15) is 0 Å². The number of piperidine rings is 1. The van der Waals surface area contributed by atoms with Gasteiger partial charge in [-0.15, -0.1) is 0 Å². The average Bonchev–Trinajstić information content (AvgIpc) is 2.84. The van der Waals surface area contributed by atoms with E-state index in [0.717, 1.165) is 48.4 Å². The summed E-state index contributed by atoms with van der Waals surface area (Å²) < 4.78 is 34.3. The van der Waals surface area contributed by atoms with Crippen molar-refractivity contribution >= 4 is 10.0 Å². The summed E-state index contributed by atoms with van der Waals surface area (Å²) >= 11 is 0. The SMILES string of the molecule is O=S(=O)(N[C@@H]1CCCN(Cc2ccc(OCCO)cc2)C1)c1ccc(-c2ccccc2)cc1. The molecule has 0 saturated carbocycles. The molecule has 3 aromatic carbocycles. The lowest BCUT2D eigenvalue weighted by molar-refractivity contribution is 0.194. The van der Waals surface area contributed by atoms with E-state index < -0.39 is 10.0 Å². The second-order valence-corrected chi connectivity index (χ2v) is 10.0. The molecule has 1 saturated heterocycles. The van der Waals surface area contributed by atoms with Crippen LogP contribution in [0.5, 0.6) is 5.75 Å². The number of nitrogens with zero attached hydrogens (tertiary/aromatic N) is 1. The van der Waals surface area contributed by atoms with Crippen LogP contribution in [0.15, 0.2) is 83.8 Å². The highest BCUT2D eigenvalue weighted by Gasteiger charge is 2.25. The maximum Gasteiger partial charge on any atom is 0.240 e. The van der Waals surface area contributed by atoms with Crippen LogP contribution in [0.25, 0.3) is 11.1 Å². The van der Waals surface area contributed by atoms with Crippen LogP contribution in [0.1, 0.15) is 18.4 Å². The van der Waals surface area contributed by atoms with Crippen molar-refractivity contribution in [2.75, 3.05) is 26.3 Å². The monoisotopic (exact) mass is 466 g/mol. The third kappa shape index (κ3) is 6.42. The van der Waals surface area contributed by atoms with Crippen LogP contribution in [0.3, 0.4) is 0 Å². The first-order valence-electron chi connectivity index (χ1n) is 11.3. The minimum atomic E-state index is -3.58. The fraction of sp³-hybridized carbons (Fsp3) is 0.308. The highest BCUT2D eigenvalue weighted by Crippen LogP contribution is 2.22. The first-order valence-corrected chi connectivity index (χ1v) is 12.7. The smallest absolute Gasteiger partial charge is 0.240 e. The molecule has 0 spiro atoms. The van der Waals surface area contributed by atoms with Crippen LogP contribution >= 0.6 is 0 Å². The first-order chi connectivity index (χ1) is 16.0. The highest BCUT2D eigenvalue weighted by molar-refractivity contribution is 7.89. The number of hydrogen-bond acceptors (Lipinski definition) is 5. The van der Waals surface area contributed by atoms with E-state index in [4.69, 9.17) is 9.84 Å². The summed E-state index contributed by atoms with van der Waals surface area (Å²) in [6.45, 7) is 2.63. The summed E-state index contributed by atoms with van der Waals surface area (Å²) in [6.07, 6.45) is 1.77. The second-order valence-electron chi connectivity index (χ2n) is 8.30. The zero-order chi connectivity index (χ0) is 23.1. The van der Waals surface area contributed by atoms with Gasteiger partial charge in [0.15, 0.2) is 0 Å². The minimum Gasteiger partial charge on any atom is -0.491 e. The molecule has 0 unspecified atom stereocenters. The van der Waals surface area contributed by atoms with Gasteiger partial charge in [0.05, 0.1) is 11.5 Å². The Kier molecular flexibility index (Phi) is 7.77. The van der Waals surface area contributed by atoms with Crippen LogP contribution in [-0.2, 0) is 16.6 Å². The van der Waals surface area contributed by atoms with Gasteiger partial charge in [0, 0.05) is 19.1 Å². The molecule has 1 heterocycles. The Morgan fingerprint density at radius 1 is 0.939 bits per heavy atom. The quantitative estimate of drug-likeness (QED) is 0.503. The molecular weight excluding hydrogens is 436 g/mol. The van der Waals surface area contributed by atoms with Gasteiger partial charge in [-0.05, 0) is 60.3 Å². The Morgan fingerprint density at radius 2 is 1.64 bits per heavy atom. The van der Waals surface area contributed by atoms with Crippen LogP contribution in [0.4, 0.5) is 0 Å². The predicted molar refractivity (Wildman–Crippen MR) is 130 cm³/mol. The van der Waals surface area contributed by atoms with Crippen molar-refractivity contribution in [1.29, 1.82) is 0 Å². The Labute approximate surface area is 195 Å². The van der Waals surface area contributed by atoms with E-state index in [0.29, 0.717) is 6.54 Å². The second kappa shape index (κ2) is 10.9. The van der Waals surface area contributed by atoms with Crippen LogP contribution < -0.4 is 9.46 Å². The molecule has 6 nitrogen and oxygen atoms in total. The van der Waals surface area contributed by atoms with Crippen molar-refractivity contribution in [3.8, 4) is 16.9 Å². The Balaban J connectivity index is 1.35. The van der Waals surface area contributed by atoms with Crippen molar-refractivity contribution in [2.45, 2.75) is 30.3 Å². The summed E-state index contributed by atoms with van der Waals surface area (Å²) in [5.74, 6) is 0.732. The van der Waals surface area contributed by atoms with Gasteiger partial charge in [0.1, 0.15) is 12.4 Å². The van der Waals surface area contributed by atoms with Crippen LogP contribution in [0.2, 0.25) is 0 Å². The van der Waals surface area contributed by atoms with Crippen LogP contribution in [0, 0.1) is 0 Å². The molecular formula is C26H30N2O4S. The van der Waals surface area contributed by atoms with Crippen molar-refractivity contribution in [3.63, 3.8) is 0 Å². The van der Waals surface area contributed by atoms with Crippen molar-refractivity contribution in [3.05, 3.63) is 84.4 Å². The zero-order valence-corrected chi connectivity index (χ0v) is 19.4. The highest BCUT2D eigenvalue weighted by atomic mass is 32.2. The summed E-state index contributed by atoms with van der Waals surface area (Å²) in [6, 6.07) is 24.7. The molecule has 3 aromatic rings. The number of rotatable bonds is 9. The summed E-state index contributed by atoms with van der Waals surface area (Å²) in [4.78, 5) is 2.57. The predicted octanol–water partition coefficient (Wildman–Crippen LogP) is 3.67. The number of likely N-dealkylation sites (tertiary alicyclic amines) is 1. The third-order valence-electron chi connectivity index (χ3n) is 5.79. The van der Waals surface area contributed by atoms with E-state index >= 15 is 0 Å². The van der Waals surface area contributed by atoms with E-state index in [9.17, 15) is 8.42 Å². The van der Waals surface area contributed by atoms with Crippen molar-refractivity contribution in [1.82, 2.24) is 9.62 Å². The first kappa shape index (κ1) is 23.4. The summed E-state index contributed by atoms with van der Waals surface area (Å²) in [7, 11) is -3.58. The van der Waals surface area contributed by atoms with Gasteiger partial charge in [0.25, 0.3) is 0 Å². The van der Waals surface area contributed by atoms with Gasteiger partial charge in [-0.1, -0.05) is 54.6 Å². The molecule has 7 heteroatoms. The van der Waals surface area contributed by atoms with E-state index in [-0.39, 0.29) is 24.2 Å². The largest absolute Gasteiger partial charge is 0.491 e. The van der Waals surface area contributed by atoms with E-state index in [1.807, 2.05) is 66.7 Å². The Hall–Kier alpha value is -2.71. The molecule has 0 radical (unpaired) electrons. The molecule has 0 bridgehead atoms. The maximum atomic E-state index is 13.0. The molecule has 174 valence electrons. The molecule has 1 aliphatic rings. The molecule has 0 aromatic heterocycles. The topological polar surface area (TPSA) is 78.9 Å². The lowest BCUT2D eigenvalue weighted by Gasteiger charge is -2.33. The number of sulfonamides is 1. The van der Waals surface area contributed by atoms with E-state index in [1.165, 1.54) is 0 Å². The zero-order valence-electron chi connectivity index (χ0n) is 18.6. The number of benzene rings is 3. The number of aliphatic hydroxyl groups is 1. The van der Waals surface area contributed by atoms with Crippen molar-refractivity contribution < 1.29 is 18.3 Å². The number of nitrogens with one attached hydrogen (secondary N) is 1. The number of ether oxygens (including phenoxy) is 1. The number of hydrogen-bond donors (Lipinski definition) is 2. The molecule has 2 N–H and O–H groups in total. The van der Waals surface area contributed by atoms with E-state index in [1.54, 1.807) is 12.1 Å². The lowest BCUT2D eigenvalue weighted by atomic mass is 10.1. The molecule has 0 amide bonds. The summed E-state index contributed by atoms with van der Waals surface area (Å²) in [5.41, 5.74) is 3.20. The fourth-order valence-corrected chi connectivity index (χ4v) is 5.41. The minimum absolute atomic E-state index is 0.00992. The molecule has 1 aliphatic heterocycles. The van der Waals surface area contributed by atoms with Gasteiger partial charge in [-0.25, -0.2) is 13.1 Å². The van der Waals surface area contributed by atoms with E-state index in [2.05, 4.69) is 9.62 Å². The lowest BCUT2D eigenvalue weighted by Crippen LogP contribution is -2.47. The Bertz CT molecular complexity index is 1120. The fourth-order valence-electron chi connectivity index (χ4n) is 4.15. The Morgan fingerprint density at radius 3 is 2.33 bits per heavy atom. The molecule has 33 heavy (non-hydrogen) atoms. The summed E-state index contributed by atoms with van der Waals surface area (Å²) in [5, 5.41) is 8.86. The number of aliphatic hydroxyl groups excluding tert-OH is 1. The molecule has 0 aliphatic carbocycles. The van der Waals surface area contributed by atoms with Gasteiger partial charge in [0.2, 0.25) is 10.0 Å². The van der Waals surface area contributed by atoms with Gasteiger partial charge < -0.3 is 9.84 Å². The van der Waals surface area contributed by atoms with Gasteiger partial charge in [-0.3, -0.25) is 4.90 Å². The van der Waals surface area contributed by atoms with Gasteiger partial charge >= 0.3 is 0 Å². The van der Waals surface area contributed by atoms with Crippen molar-refractivity contribution in [2.24, 2.45) is 0 Å². The molecule has 4 rings (SSSR count). The standard InChI is InChI=1S/C26H30N2O4S/c29-17-18-32-25-12-8-21(9-13-25)19-28-16-4-7-24(20-28)27-33(30,31)26-14-10-23(11-15-26)22-5-2-1-3-6-22/h1-3,5-6,8-15,24,27,29H,4,7,16-20H2/t24-/m1/s1. The maximum absolute atomic E-state index is 13.0. The normalized spacial score (nSPS) is 17.1. The van der Waals surface area contributed by atoms with Crippen LogP contribution in [-0.4, -0.2) is 50.8 Å². The average molecular weight is 467 g/mol. The third-order valence-corrected chi connectivity index (χ3v) is 7.33. The molecule has 1 fully saturated rings.